The number of allylic oxidation sites excluding steroid dienone is 1. The van der Waals surface area contributed by atoms with E-state index in [9.17, 15) is 9.90 Å². The Bertz CT molecular complexity index is 1180. The van der Waals surface area contributed by atoms with Crippen LogP contribution in [0.1, 0.15) is 35.4 Å². The van der Waals surface area contributed by atoms with Crippen molar-refractivity contribution in [2.45, 2.75) is 19.3 Å². The Morgan fingerprint density at radius 2 is 2.09 bits per heavy atom. The van der Waals surface area contributed by atoms with Crippen LogP contribution < -0.4 is 10.5 Å². The van der Waals surface area contributed by atoms with Crippen LogP contribution >= 0.6 is 0 Å². The lowest BCUT2D eigenvalue weighted by molar-refractivity contribution is 0.103. The lowest BCUT2D eigenvalue weighted by atomic mass is 9.95. The molecule has 2 heterocycles. The number of aromatic amines is 1. The summed E-state index contributed by atoms with van der Waals surface area (Å²) >= 11 is 0. The summed E-state index contributed by atoms with van der Waals surface area (Å²) in [4.78, 5) is 26.7. The third-order valence-corrected chi connectivity index (χ3v) is 5.85. The van der Waals surface area contributed by atoms with E-state index in [2.05, 4.69) is 21.5 Å². The van der Waals surface area contributed by atoms with Crippen molar-refractivity contribution >= 4 is 23.0 Å². The maximum Gasteiger partial charge on any atom is 0.260 e. The molecule has 0 amide bonds. The van der Waals surface area contributed by atoms with Crippen LogP contribution in [-0.2, 0) is 0 Å². The molecule has 34 heavy (non-hydrogen) atoms. The molecule has 1 saturated heterocycles. The summed E-state index contributed by atoms with van der Waals surface area (Å²) in [5, 5.41) is 9.28. The number of fused-ring (bicyclic) bond motifs is 1. The van der Waals surface area contributed by atoms with E-state index < -0.39 is 0 Å². The van der Waals surface area contributed by atoms with Crippen LogP contribution in [-0.4, -0.2) is 51.7 Å². The van der Waals surface area contributed by atoms with Gasteiger partial charge in [0.05, 0.1) is 11.0 Å². The van der Waals surface area contributed by atoms with Crippen LogP contribution in [0.25, 0.3) is 11.0 Å². The molecule has 1 fully saturated rings. The first-order valence-corrected chi connectivity index (χ1v) is 11.4. The molecule has 0 bridgehead atoms. The number of aliphatic imine (C=N–C) groups is 1. The second-order valence-electron chi connectivity index (χ2n) is 8.23. The molecule has 1 atom stereocenters. The minimum Gasteiger partial charge on any atom is -0.436 e. The third kappa shape index (κ3) is 5.35. The first kappa shape index (κ1) is 23.3. The van der Waals surface area contributed by atoms with Gasteiger partial charge < -0.3 is 25.5 Å². The molecular weight excluding hydrogens is 430 g/mol. The maximum atomic E-state index is 12.9. The summed E-state index contributed by atoms with van der Waals surface area (Å²) < 4.78 is 6.00. The van der Waals surface area contributed by atoms with Gasteiger partial charge in [-0.1, -0.05) is 24.8 Å². The molecule has 1 aliphatic rings. The number of aliphatic hydroxyl groups is 1. The van der Waals surface area contributed by atoms with Gasteiger partial charge in [0.1, 0.15) is 5.75 Å². The van der Waals surface area contributed by atoms with Crippen molar-refractivity contribution in [1.82, 2.24) is 14.9 Å². The molecule has 2 aromatic carbocycles. The minimum absolute atomic E-state index is 0.166. The summed E-state index contributed by atoms with van der Waals surface area (Å²) in [7, 11) is 0. The van der Waals surface area contributed by atoms with Crippen LogP contribution in [0.2, 0.25) is 0 Å². The first-order chi connectivity index (χ1) is 16.6. The number of aliphatic hydroxyl groups excluding tert-OH is 1. The fourth-order valence-electron chi connectivity index (χ4n) is 4.09. The zero-order valence-electron chi connectivity index (χ0n) is 19.0. The molecule has 8 nitrogen and oxygen atoms in total. The van der Waals surface area contributed by atoms with Crippen LogP contribution in [0.3, 0.4) is 0 Å². The normalized spacial score (nSPS) is 17.1. The van der Waals surface area contributed by atoms with Crippen molar-refractivity contribution in [1.29, 1.82) is 0 Å². The number of ketones is 1. The number of piperidine rings is 1. The number of carbonyl (C=O) groups is 1. The van der Waals surface area contributed by atoms with Gasteiger partial charge in [-0.3, -0.25) is 4.79 Å². The zero-order chi connectivity index (χ0) is 23.9. The van der Waals surface area contributed by atoms with E-state index in [0.29, 0.717) is 23.1 Å². The highest BCUT2D eigenvalue weighted by molar-refractivity contribution is 6.08. The second-order valence-corrected chi connectivity index (χ2v) is 8.23. The van der Waals surface area contributed by atoms with E-state index in [0.717, 1.165) is 43.4 Å². The topological polar surface area (TPSA) is 117 Å². The van der Waals surface area contributed by atoms with Crippen LogP contribution in [0.4, 0.5) is 0 Å². The average Bonchev–Trinajstić information content (AvgIpc) is 3.31. The zero-order valence-corrected chi connectivity index (χ0v) is 19.0. The molecule has 1 aliphatic heterocycles. The number of nitrogens with zero attached hydrogens (tertiary/aromatic N) is 3. The number of likely N-dealkylation sites (tertiary alicyclic amines) is 1. The summed E-state index contributed by atoms with van der Waals surface area (Å²) in [5.74, 6) is 1.67. The van der Waals surface area contributed by atoms with E-state index in [1.807, 2.05) is 29.2 Å². The number of carbonyl (C=O) groups excluding carboxylic acids is 1. The molecule has 0 saturated carbocycles. The summed E-state index contributed by atoms with van der Waals surface area (Å²) in [6.45, 7) is 5.38. The first-order valence-electron chi connectivity index (χ1n) is 11.4. The Kier molecular flexibility index (Phi) is 7.39. The van der Waals surface area contributed by atoms with Gasteiger partial charge >= 0.3 is 0 Å². The Morgan fingerprint density at radius 3 is 2.82 bits per heavy atom. The summed E-state index contributed by atoms with van der Waals surface area (Å²) in [6.07, 6.45) is 5.88. The highest BCUT2D eigenvalue weighted by Gasteiger charge is 2.23. The summed E-state index contributed by atoms with van der Waals surface area (Å²) in [5.41, 5.74) is 8.48. The Hall–Kier alpha value is -3.91. The SMILES string of the molecule is C=CC=N/C(Oc1ccc(C(=O)c2nc3ccccc3[nH]2)cc1)=C(\N)N1CCC[C@@H](CCO)C1. The monoisotopic (exact) mass is 459 g/mol. The van der Waals surface area contributed by atoms with Gasteiger partial charge in [0.25, 0.3) is 5.88 Å². The van der Waals surface area contributed by atoms with E-state index in [-0.39, 0.29) is 24.1 Å². The number of rotatable bonds is 9. The van der Waals surface area contributed by atoms with Crippen molar-refractivity contribution in [3.05, 3.63) is 84.3 Å². The van der Waals surface area contributed by atoms with Crippen LogP contribution in [0, 0.1) is 5.92 Å². The van der Waals surface area contributed by atoms with E-state index in [4.69, 9.17) is 10.5 Å². The smallest absolute Gasteiger partial charge is 0.260 e. The number of nitrogens with two attached hydrogens (primary N) is 1. The molecule has 1 aromatic heterocycles. The molecule has 4 rings (SSSR count). The van der Waals surface area contributed by atoms with Gasteiger partial charge in [0, 0.05) is 31.5 Å². The largest absolute Gasteiger partial charge is 0.436 e. The molecule has 0 radical (unpaired) electrons. The lowest BCUT2D eigenvalue weighted by Crippen LogP contribution is -2.39. The molecule has 8 heteroatoms. The fourth-order valence-corrected chi connectivity index (χ4v) is 4.09. The average molecular weight is 460 g/mol. The Labute approximate surface area is 198 Å². The number of imidazole rings is 1. The molecular formula is C26H29N5O3. The Balaban J connectivity index is 1.52. The molecule has 0 aliphatic carbocycles. The van der Waals surface area contributed by atoms with Gasteiger partial charge in [0.2, 0.25) is 5.78 Å². The number of hydrogen-bond donors (Lipinski definition) is 3. The lowest BCUT2D eigenvalue weighted by Gasteiger charge is -2.34. The number of hydrogen-bond acceptors (Lipinski definition) is 7. The molecule has 4 N–H and O–H groups in total. The number of aromatic nitrogens is 2. The molecule has 0 spiro atoms. The second kappa shape index (κ2) is 10.8. The van der Waals surface area contributed by atoms with E-state index in [1.54, 1.807) is 30.3 Å². The van der Waals surface area contributed by atoms with Crippen LogP contribution in [0.15, 0.2) is 77.9 Å². The highest BCUT2D eigenvalue weighted by Crippen LogP contribution is 2.24. The third-order valence-electron chi connectivity index (χ3n) is 5.85. The molecule has 3 aromatic rings. The van der Waals surface area contributed by atoms with Crippen molar-refractivity contribution < 1.29 is 14.6 Å². The predicted molar refractivity (Wildman–Crippen MR) is 132 cm³/mol. The van der Waals surface area contributed by atoms with Gasteiger partial charge in [-0.15, -0.1) is 0 Å². The minimum atomic E-state index is -0.203. The van der Waals surface area contributed by atoms with Gasteiger partial charge in [0.15, 0.2) is 11.6 Å². The number of para-hydroxylation sites is 2. The molecule has 176 valence electrons. The van der Waals surface area contributed by atoms with E-state index in [1.165, 1.54) is 6.21 Å². The van der Waals surface area contributed by atoms with Crippen LogP contribution in [0.5, 0.6) is 5.75 Å². The maximum absolute atomic E-state index is 12.9. The fraction of sp³-hybridized carbons (Fsp3) is 0.269. The number of ether oxygens (including phenoxy) is 1. The van der Waals surface area contributed by atoms with Gasteiger partial charge in [-0.25, -0.2) is 9.98 Å². The molecule has 0 unspecified atom stereocenters. The Morgan fingerprint density at radius 1 is 1.29 bits per heavy atom. The van der Waals surface area contributed by atoms with Crippen molar-refractivity contribution in [2.24, 2.45) is 16.6 Å². The quantitative estimate of drug-likeness (QED) is 0.256. The van der Waals surface area contributed by atoms with Crippen molar-refractivity contribution in [2.75, 3.05) is 19.7 Å². The van der Waals surface area contributed by atoms with Gasteiger partial charge in [-0.2, -0.15) is 0 Å². The van der Waals surface area contributed by atoms with Crippen molar-refractivity contribution in [3.63, 3.8) is 0 Å². The number of benzene rings is 2. The summed E-state index contributed by atoms with van der Waals surface area (Å²) in [6, 6.07) is 14.3. The predicted octanol–water partition coefficient (Wildman–Crippen LogP) is 3.61. The standard InChI is InChI=1S/C26H29N5O3/c1-2-14-28-26(24(27)31-15-5-6-18(17-31)13-16-32)34-20-11-9-19(10-12-20)23(33)25-29-21-7-3-4-8-22(21)30-25/h2-4,7-12,14,18,32H,1,5-6,13,15-17,27H2,(H,29,30)/b26-24-,28-14?/t18-/m0/s1. The number of H-pyrrole nitrogens is 1. The van der Waals surface area contributed by atoms with Gasteiger partial charge in [-0.05, 0) is 61.6 Å². The number of nitrogens with one attached hydrogen (secondary N) is 1. The van der Waals surface area contributed by atoms with E-state index >= 15 is 0 Å². The highest BCUT2D eigenvalue weighted by atomic mass is 16.5. The van der Waals surface area contributed by atoms with Crippen molar-refractivity contribution in [3.8, 4) is 5.75 Å².